The molecule has 0 amide bonds. The van der Waals surface area contributed by atoms with E-state index in [1.54, 1.807) is 0 Å². The molecule has 1 heterocycles. The number of aromatic nitrogens is 1. The molecule has 0 unspecified atom stereocenters. The first-order valence-corrected chi connectivity index (χ1v) is 8.90. The number of rotatable bonds is 6. The van der Waals surface area contributed by atoms with Crippen molar-refractivity contribution < 1.29 is 0 Å². The lowest BCUT2D eigenvalue weighted by molar-refractivity contribution is 0.948. The number of pyridine rings is 1. The zero-order valence-electron chi connectivity index (χ0n) is 14.6. The summed E-state index contributed by atoms with van der Waals surface area (Å²) in [7, 11) is 0. The molecular formula is C23H25N. The summed E-state index contributed by atoms with van der Waals surface area (Å²) in [5.74, 6) is 0. The summed E-state index contributed by atoms with van der Waals surface area (Å²) in [5, 5.41) is 0. The van der Waals surface area contributed by atoms with E-state index in [1.807, 2.05) is 6.20 Å². The Morgan fingerprint density at radius 2 is 1.08 bits per heavy atom. The van der Waals surface area contributed by atoms with Gasteiger partial charge in [-0.25, -0.2) is 0 Å². The predicted molar refractivity (Wildman–Crippen MR) is 102 cm³/mol. The van der Waals surface area contributed by atoms with Crippen molar-refractivity contribution in [3.05, 3.63) is 89.1 Å². The second-order valence-corrected chi connectivity index (χ2v) is 6.27. The van der Waals surface area contributed by atoms with E-state index in [0.29, 0.717) is 0 Å². The quantitative estimate of drug-likeness (QED) is 0.572. The molecule has 0 aliphatic heterocycles. The van der Waals surface area contributed by atoms with Gasteiger partial charge in [0, 0.05) is 11.8 Å². The van der Waals surface area contributed by atoms with Gasteiger partial charge in [-0.3, -0.25) is 4.98 Å². The Labute approximate surface area is 145 Å². The predicted octanol–water partition coefficient (Wildman–Crippen LogP) is 5.66. The summed E-state index contributed by atoms with van der Waals surface area (Å²) >= 11 is 0. The third-order valence-corrected chi connectivity index (χ3v) is 4.62. The first-order valence-electron chi connectivity index (χ1n) is 8.90. The summed E-state index contributed by atoms with van der Waals surface area (Å²) in [4.78, 5) is 4.64. The van der Waals surface area contributed by atoms with Crippen LogP contribution in [-0.4, -0.2) is 4.98 Å². The highest BCUT2D eigenvalue weighted by Crippen LogP contribution is 2.18. The molecule has 2 aromatic carbocycles. The molecule has 24 heavy (non-hydrogen) atoms. The van der Waals surface area contributed by atoms with Crippen LogP contribution < -0.4 is 0 Å². The van der Waals surface area contributed by atoms with E-state index in [0.717, 1.165) is 31.4 Å². The molecule has 0 N–H and O–H groups in total. The standard InChI is InChI=1S/C23H25N/c1-3-18-5-7-20(8-6-18)9-10-21-13-16-23(24-17-21)22-14-11-19(4-2)12-15-22/h5-8,11-17H,3-4,9-10H2,1-2H3. The SMILES string of the molecule is CCc1ccc(CCc2ccc(-c3ccc(CC)cc3)nc2)cc1. The maximum atomic E-state index is 4.64. The van der Waals surface area contributed by atoms with Crippen molar-refractivity contribution in [2.24, 2.45) is 0 Å². The number of aryl methyl sites for hydroxylation is 4. The molecule has 3 rings (SSSR count). The Kier molecular flexibility index (Phi) is 5.43. The van der Waals surface area contributed by atoms with E-state index in [9.17, 15) is 0 Å². The maximum absolute atomic E-state index is 4.64. The van der Waals surface area contributed by atoms with Crippen molar-refractivity contribution in [2.45, 2.75) is 39.5 Å². The molecule has 0 saturated carbocycles. The first-order chi connectivity index (χ1) is 11.8. The molecule has 0 fully saturated rings. The fourth-order valence-electron chi connectivity index (χ4n) is 2.88. The van der Waals surface area contributed by atoms with E-state index < -0.39 is 0 Å². The van der Waals surface area contributed by atoms with Gasteiger partial charge in [-0.05, 0) is 54.0 Å². The van der Waals surface area contributed by atoms with Crippen LogP contribution >= 0.6 is 0 Å². The number of hydrogen-bond donors (Lipinski definition) is 0. The highest BCUT2D eigenvalue weighted by molar-refractivity contribution is 5.59. The highest BCUT2D eigenvalue weighted by Gasteiger charge is 2.01. The minimum atomic E-state index is 1.04. The Balaban J connectivity index is 1.63. The van der Waals surface area contributed by atoms with Gasteiger partial charge in [0.05, 0.1) is 5.69 Å². The molecule has 0 spiro atoms. The molecule has 0 aliphatic carbocycles. The van der Waals surface area contributed by atoms with Crippen LogP contribution in [0.25, 0.3) is 11.3 Å². The van der Waals surface area contributed by atoms with Gasteiger partial charge in [0.1, 0.15) is 0 Å². The van der Waals surface area contributed by atoms with E-state index >= 15 is 0 Å². The van der Waals surface area contributed by atoms with Crippen molar-refractivity contribution in [1.82, 2.24) is 4.98 Å². The van der Waals surface area contributed by atoms with Gasteiger partial charge in [-0.1, -0.05) is 68.4 Å². The summed E-state index contributed by atoms with van der Waals surface area (Å²) in [6.07, 6.45) is 6.30. The molecule has 122 valence electrons. The lowest BCUT2D eigenvalue weighted by Crippen LogP contribution is -1.94. The zero-order valence-corrected chi connectivity index (χ0v) is 14.6. The van der Waals surface area contributed by atoms with Crippen LogP contribution in [0.2, 0.25) is 0 Å². The lowest BCUT2D eigenvalue weighted by atomic mass is 10.0. The van der Waals surface area contributed by atoms with Crippen LogP contribution in [0.4, 0.5) is 0 Å². The second kappa shape index (κ2) is 7.92. The van der Waals surface area contributed by atoms with Crippen molar-refractivity contribution >= 4 is 0 Å². The average Bonchev–Trinajstić information content (AvgIpc) is 2.67. The van der Waals surface area contributed by atoms with Crippen LogP contribution in [0.1, 0.15) is 36.1 Å². The average molecular weight is 315 g/mol. The fraction of sp³-hybridized carbons (Fsp3) is 0.261. The van der Waals surface area contributed by atoms with Gasteiger partial charge < -0.3 is 0 Å². The van der Waals surface area contributed by atoms with Crippen molar-refractivity contribution in [3.8, 4) is 11.3 Å². The van der Waals surface area contributed by atoms with Crippen molar-refractivity contribution in [1.29, 1.82) is 0 Å². The van der Waals surface area contributed by atoms with Crippen molar-refractivity contribution in [3.63, 3.8) is 0 Å². The van der Waals surface area contributed by atoms with Gasteiger partial charge in [-0.15, -0.1) is 0 Å². The maximum Gasteiger partial charge on any atom is 0.0702 e. The number of nitrogens with zero attached hydrogens (tertiary/aromatic N) is 1. The van der Waals surface area contributed by atoms with E-state index in [4.69, 9.17) is 0 Å². The molecule has 0 aliphatic rings. The smallest absolute Gasteiger partial charge is 0.0702 e. The fourth-order valence-corrected chi connectivity index (χ4v) is 2.88. The number of benzene rings is 2. The normalized spacial score (nSPS) is 10.8. The van der Waals surface area contributed by atoms with Gasteiger partial charge >= 0.3 is 0 Å². The Morgan fingerprint density at radius 1 is 0.583 bits per heavy atom. The van der Waals surface area contributed by atoms with Gasteiger partial charge in [-0.2, -0.15) is 0 Å². The van der Waals surface area contributed by atoms with E-state index in [1.165, 1.54) is 27.8 Å². The molecule has 0 bridgehead atoms. The van der Waals surface area contributed by atoms with Crippen molar-refractivity contribution in [2.75, 3.05) is 0 Å². The van der Waals surface area contributed by atoms with Gasteiger partial charge in [0.25, 0.3) is 0 Å². The minimum absolute atomic E-state index is 1.04. The van der Waals surface area contributed by atoms with Crippen LogP contribution in [0.5, 0.6) is 0 Å². The van der Waals surface area contributed by atoms with E-state index in [2.05, 4.69) is 79.5 Å². The molecule has 0 atom stereocenters. The van der Waals surface area contributed by atoms with Crippen LogP contribution in [0.15, 0.2) is 66.9 Å². The summed E-state index contributed by atoms with van der Waals surface area (Å²) in [5.41, 5.74) is 7.70. The highest BCUT2D eigenvalue weighted by atomic mass is 14.7. The van der Waals surface area contributed by atoms with E-state index in [-0.39, 0.29) is 0 Å². The Bertz CT molecular complexity index is 753. The van der Waals surface area contributed by atoms with Gasteiger partial charge in [0.2, 0.25) is 0 Å². The van der Waals surface area contributed by atoms with Gasteiger partial charge in [0.15, 0.2) is 0 Å². The monoisotopic (exact) mass is 315 g/mol. The molecule has 0 saturated heterocycles. The zero-order chi connectivity index (χ0) is 16.8. The molecule has 1 aromatic heterocycles. The lowest BCUT2D eigenvalue weighted by Gasteiger charge is -2.06. The van der Waals surface area contributed by atoms with Crippen LogP contribution in [-0.2, 0) is 25.7 Å². The van der Waals surface area contributed by atoms with Crippen LogP contribution in [0, 0.1) is 0 Å². The number of hydrogen-bond acceptors (Lipinski definition) is 1. The third-order valence-electron chi connectivity index (χ3n) is 4.62. The summed E-state index contributed by atoms with van der Waals surface area (Å²) in [6, 6.07) is 22.0. The molecular weight excluding hydrogens is 290 g/mol. The molecule has 0 radical (unpaired) electrons. The molecule has 1 heteroatoms. The molecule has 3 aromatic rings. The third kappa shape index (κ3) is 4.11. The second-order valence-electron chi connectivity index (χ2n) is 6.27. The first kappa shape index (κ1) is 16.4. The topological polar surface area (TPSA) is 12.9 Å². The molecule has 1 nitrogen and oxygen atoms in total. The minimum Gasteiger partial charge on any atom is -0.256 e. The summed E-state index contributed by atoms with van der Waals surface area (Å²) < 4.78 is 0. The summed E-state index contributed by atoms with van der Waals surface area (Å²) in [6.45, 7) is 4.37. The largest absolute Gasteiger partial charge is 0.256 e. The Hall–Kier alpha value is -2.41. The Morgan fingerprint density at radius 3 is 1.62 bits per heavy atom. The van der Waals surface area contributed by atoms with Crippen LogP contribution in [0.3, 0.4) is 0 Å².